The number of carbonyl (C=O) groups excluding carboxylic acids is 2. The minimum Gasteiger partial charge on any atom is -0.342 e. The van der Waals surface area contributed by atoms with Crippen LogP contribution in [0.4, 0.5) is 0 Å². The van der Waals surface area contributed by atoms with E-state index in [1.54, 1.807) is 0 Å². The van der Waals surface area contributed by atoms with Crippen LogP contribution in [0.2, 0.25) is 0 Å². The predicted octanol–water partition coefficient (Wildman–Crippen LogP) is 2.28. The molecular weight excluding hydrogens is 284 g/mol. The van der Waals surface area contributed by atoms with E-state index < -0.39 is 0 Å². The molecule has 2 aliphatic rings. The second kappa shape index (κ2) is 7.52. The van der Waals surface area contributed by atoms with Crippen molar-refractivity contribution in [1.29, 1.82) is 0 Å². The maximum Gasteiger partial charge on any atom is 0.246 e. The molecule has 5 heteroatoms. The summed E-state index contributed by atoms with van der Waals surface area (Å²) in [6.07, 6.45) is 3.94. The van der Waals surface area contributed by atoms with Gasteiger partial charge in [0.1, 0.15) is 12.1 Å². The van der Waals surface area contributed by atoms with E-state index in [1.165, 1.54) is 24.3 Å². The summed E-state index contributed by atoms with van der Waals surface area (Å²) in [5.74, 6) is 3.30. The summed E-state index contributed by atoms with van der Waals surface area (Å²) >= 11 is 1.99. The van der Waals surface area contributed by atoms with Gasteiger partial charge in [-0.15, -0.1) is 0 Å². The number of thioether (sulfide) groups is 1. The van der Waals surface area contributed by atoms with Crippen LogP contribution in [-0.4, -0.2) is 46.8 Å². The summed E-state index contributed by atoms with van der Waals surface area (Å²) in [6.45, 7) is 6.87. The average molecular weight is 312 g/mol. The fourth-order valence-electron chi connectivity index (χ4n) is 3.24. The fourth-order valence-corrected chi connectivity index (χ4v) is 4.44. The standard InChI is InChI=1S/C16H28N2O2S/c1-4-11(3)14-16(20)18(13(5-2)15(19)17-14)10-12-6-8-21-9-7-12/h11-14H,4-10H2,1-3H3,(H,17,19). The highest BCUT2D eigenvalue weighted by atomic mass is 32.2. The molecule has 2 aliphatic heterocycles. The number of hydrogen-bond acceptors (Lipinski definition) is 3. The topological polar surface area (TPSA) is 49.4 Å². The third kappa shape index (κ3) is 3.74. The Balaban J connectivity index is 2.11. The van der Waals surface area contributed by atoms with Gasteiger partial charge in [-0.25, -0.2) is 0 Å². The van der Waals surface area contributed by atoms with Crippen molar-refractivity contribution in [2.45, 2.75) is 58.5 Å². The highest BCUT2D eigenvalue weighted by Gasteiger charge is 2.42. The maximum atomic E-state index is 12.8. The first-order valence-corrected chi connectivity index (χ1v) is 9.42. The van der Waals surface area contributed by atoms with Gasteiger partial charge in [-0.05, 0) is 42.6 Å². The molecule has 0 aliphatic carbocycles. The first-order valence-electron chi connectivity index (χ1n) is 8.27. The largest absolute Gasteiger partial charge is 0.342 e. The zero-order chi connectivity index (χ0) is 15.4. The van der Waals surface area contributed by atoms with Crippen molar-refractivity contribution in [3.63, 3.8) is 0 Å². The Morgan fingerprint density at radius 3 is 2.52 bits per heavy atom. The van der Waals surface area contributed by atoms with Crippen LogP contribution < -0.4 is 5.32 Å². The summed E-state index contributed by atoms with van der Waals surface area (Å²) < 4.78 is 0. The van der Waals surface area contributed by atoms with E-state index in [1.807, 2.05) is 30.5 Å². The predicted molar refractivity (Wildman–Crippen MR) is 87.2 cm³/mol. The van der Waals surface area contributed by atoms with E-state index in [0.717, 1.165) is 13.0 Å². The van der Waals surface area contributed by atoms with E-state index in [-0.39, 0.29) is 29.8 Å². The van der Waals surface area contributed by atoms with Gasteiger partial charge in [0.05, 0.1) is 0 Å². The Labute approximate surface area is 132 Å². The molecular formula is C16H28N2O2S. The molecule has 2 heterocycles. The second-order valence-corrected chi connectivity index (χ2v) is 7.57. The normalized spacial score (nSPS) is 29.4. The molecule has 1 N–H and O–H groups in total. The van der Waals surface area contributed by atoms with E-state index in [4.69, 9.17) is 0 Å². The molecule has 0 saturated carbocycles. The highest BCUT2D eigenvalue weighted by molar-refractivity contribution is 7.99. The zero-order valence-corrected chi connectivity index (χ0v) is 14.2. The zero-order valence-electron chi connectivity index (χ0n) is 13.4. The lowest BCUT2D eigenvalue weighted by atomic mass is 9.92. The van der Waals surface area contributed by atoms with Crippen LogP contribution in [0.3, 0.4) is 0 Å². The molecule has 0 bridgehead atoms. The van der Waals surface area contributed by atoms with E-state index >= 15 is 0 Å². The van der Waals surface area contributed by atoms with Gasteiger partial charge in [0.2, 0.25) is 11.8 Å². The minimum absolute atomic E-state index is 0.0348. The summed E-state index contributed by atoms with van der Waals surface area (Å²) in [5.41, 5.74) is 0. The van der Waals surface area contributed by atoms with Gasteiger partial charge in [0.15, 0.2) is 0 Å². The molecule has 4 nitrogen and oxygen atoms in total. The lowest BCUT2D eigenvalue weighted by Crippen LogP contribution is -2.65. The van der Waals surface area contributed by atoms with Gasteiger partial charge in [-0.2, -0.15) is 11.8 Å². The van der Waals surface area contributed by atoms with Crippen LogP contribution in [0.15, 0.2) is 0 Å². The lowest BCUT2D eigenvalue weighted by Gasteiger charge is -2.42. The van der Waals surface area contributed by atoms with Crippen LogP contribution in [0.25, 0.3) is 0 Å². The SMILES string of the molecule is CCC(C)C1NC(=O)C(CC)N(CC2CCSCC2)C1=O. The molecule has 2 fully saturated rings. The first-order chi connectivity index (χ1) is 10.1. The van der Waals surface area contributed by atoms with Crippen molar-refractivity contribution in [3.05, 3.63) is 0 Å². The average Bonchev–Trinajstić information content (AvgIpc) is 2.51. The molecule has 3 unspecified atom stereocenters. The van der Waals surface area contributed by atoms with Gasteiger partial charge in [-0.3, -0.25) is 9.59 Å². The van der Waals surface area contributed by atoms with Crippen molar-refractivity contribution in [1.82, 2.24) is 10.2 Å². The molecule has 2 rings (SSSR count). The Morgan fingerprint density at radius 1 is 1.29 bits per heavy atom. The number of carbonyl (C=O) groups is 2. The maximum absolute atomic E-state index is 12.8. The van der Waals surface area contributed by atoms with Gasteiger partial charge >= 0.3 is 0 Å². The smallest absolute Gasteiger partial charge is 0.246 e. The molecule has 120 valence electrons. The third-order valence-corrected chi connectivity index (χ3v) is 5.97. The summed E-state index contributed by atoms with van der Waals surface area (Å²) in [4.78, 5) is 27.1. The fraction of sp³-hybridized carbons (Fsp3) is 0.875. The van der Waals surface area contributed by atoms with Crippen LogP contribution in [0.1, 0.15) is 46.5 Å². The van der Waals surface area contributed by atoms with Crippen molar-refractivity contribution in [2.75, 3.05) is 18.1 Å². The summed E-state index contributed by atoms with van der Waals surface area (Å²) in [6, 6.07) is -0.601. The number of hydrogen-bond donors (Lipinski definition) is 1. The Hall–Kier alpha value is -0.710. The third-order valence-electron chi connectivity index (χ3n) is 4.92. The van der Waals surface area contributed by atoms with Gasteiger partial charge in [0, 0.05) is 6.54 Å². The van der Waals surface area contributed by atoms with Gasteiger partial charge < -0.3 is 10.2 Å². The minimum atomic E-state index is -0.330. The molecule has 2 amide bonds. The molecule has 0 spiro atoms. The number of amides is 2. The van der Waals surface area contributed by atoms with Crippen LogP contribution in [-0.2, 0) is 9.59 Å². The molecule has 0 aromatic carbocycles. The molecule has 0 radical (unpaired) electrons. The van der Waals surface area contributed by atoms with E-state index in [0.29, 0.717) is 12.3 Å². The Morgan fingerprint density at radius 2 is 1.95 bits per heavy atom. The van der Waals surface area contributed by atoms with Crippen molar-refractivity contribution < 1.29 is 9.59 Å². The van der Waals surface area contributed by atoms with Gasteiger partial charge in [-0.1, -0.05) is 27.2 Å². The van der Waals surface area contributed by atoms with Crippen LogP contribution in [0.5, 0.6) is 0 Å². The van der Waals surface area contributed by atoms with Crippen molar-refractivity contribution >= 4 is 23.6 Å². The molecule has 0 aromatic heterocycles. The van der Waals surface area contributed by atoms with Crippen molar-refractivity contribution in [3.8, 4) is 0 Å². The van der Waals surface area contributed by atoms with Crippen LogP contribution >= 0.6 is 11.8 Å². The second-order valence-electron chi connectivity index (χ2n) is 6.34. The molecule has 2 saturated heterocycles. The van der Waals surface area contributed by atoms with Gasteiger partial charge in [0.25, 0.3) is 0 Å². The number of rotatable bonds is 5. The van der Waals surface area contributed by atoms with Crippen molar-refractivity contribution in [2.24, 2.45) is 11.8 Å². The summed E-state index contributed by atoms with van der Waals surface area (Å²) in [7, 11) is 0. The monoisotopic (exact) mass is 312 g/mol. The van der Waals surface area contributed by atoms with Crippen LogP contribution in [0, 0.1) is 11.8 Å². The lowest BCUT2D eigenvalue weighted by molar-refractivity contribution is -0.151. The van der Waals surface area contributed by atoms with E-state index in [2.05, 4.69) is 12.2 Å². The molecule has 21 heavy (non-hydrogen) atoms. The highest BCUT2D eigenvalue weighted by Crippen LogP contribution is 2.27. The summed E-state index contributed by atoms with van der Waals surface area (Å²) in [5, 5.41) is 2.95. The number of nitrogens with zero attached hydrogens (tertiary/aromatic N) is 1. The number of nitrogens with one attached hydrogen (secondary N) is 1. The van der Waals surface area contributed by atoms with E-state index in [9.17, 15) is 9.59 Å². The molecule has 0 aromatic rings. The Bertz CT molecular complexity index is 382. The molecule has 3 atom stereocenters. The first kappa shape index (κ1) is 16.7. The quantitative estimate of drug-likeness (QED) is 0.847. The Kier molecular flexibility index (Phi) is 5.97. The number of piperazine rings is 1.